The molecular formula is C18H16N6. The zero-order valence-electron chi connectivity index (χ0n) is 13.0. The number of rotatable bonds is 5. The molecule has 0 unspecified atom stereocenters. The molecule has 3 heterocycles. The van der Waals surface area contributed by atoms with Gasteiger partial charge in [-0.25, -0.2) is 9.97 Å². The number of hydrogen-bond donors (Lipinski definition) is 1. The average Bonchev–Trinajstić information content (AvgIpc) is 3.16. The lowest BCUT2D eigenvalue weighted by Gasteiger charge is -2.11. The zero-order chi connectivity index (χ0) is 16.2. The number of fused-ring (bicyclic) bond motifs is 1. The van der Waals surface area contributed by atoms with E-state index in [2.05, 4.69) is 20.4 Å². The van der Waals surface area contributed by atoms with Crippen LogP contribution in [0.1, 0.15) is 0 Å². The van der Waals surface area contributed by atoms with Gasteiger partial charge in [-0.1, -0.05) is 12.1 Å². The molecule has 4 aromatic rings. The van der Waals surface area contributed by atoms with E-state index in [1.54, 1.807) is 18.6 Å². The van der Waals surface area contributed by atoms with Crippen molar-refractivity contribution in [3.63, 3.8) is 0 Å². The van der Waals surface area contributed by atoms with Crippen LogP contribution in [0.2, 0.25) is 0 Å². The Kier molecular flexibility index (Phi) is 3.85. The van der Waals surface area contributed by atoms with E-state index in [9.17, 15) is 0 Å². The maximum Gasteiger partial charge on any atom is 0.163 e. The Morgan fingerprint density at radius 3 is 2.75 bits per heavy atom. The first-order chi connectivity index (χ1) is 11.9. The van der Waals surface area contributed by atoms with Crippen LogP contribution in [0.3, 0.4) is 0 Å². The summed E-state index contributed by atoms with van der Waals surface area (Å²) in [6, 6.07) is 13.8. The van der Waals surface area contributed by atoms with Gasteiger partial charge in [0.2, 0.25) is 0 Å². The average molecular weight is 316 g/mol. The van der Waals surface area contributed by atoms with Gasteiger partial charge in [-0.05, 0) is 30.3 Å². The number of anilines is 1. The highest BCUT2D eigenvalue weighted by Gasteiger charge is 2.09. The fourth-order valence-electron chi connectivity index (χ4n) is 2.56. The first-order valence-electron chi connectivity index (χ1n) is 7.79. The van der Waals surface area contributed by atoms with Gasteiger partial charge in [0.05, 0.1) is 12.1 Å². The van der Waals surface area contributed by atoms with Crippen molar-refractivity contribution in [2.75, 3.05) is 11.9 Å². The maximum absolute atomic E-state index is 4.70. The molecule has 0 bridgehead atoms. The molecule has 0 aliphatic heterocycles. The third-order valence-electron chi connectivity index (χ3n) is 3.72. The summed E-state index contributed by atoms with van der Waals surface area (Å²) >= 11 is 0. The second-order valence-corrected chi connectivity index (χ2v) is 5.35. The summed E-state index contributed by atoms with van der Waals surface area (Å²) in [6.07, 6.45) is 7.24. The van der Waals surface area contributed by atoms with Crippen LogP contribution in [-0.2, 0) is 6.54 Å². The molecule has 6 nitrogen and oxygen atoms in total. The molecule has 0 fully saturated rings. The summed E-state index contributed by atoms with van der Waals surface area (Å²) in [6.45, 7) is 1.50. The van der Waals surface area contributed by atoms with Gasteiger partial charge in [0.15, 0.2) is 5.82 Å². The minimum absolute atomic E-state index is 0.670. The number of benzene rings is 1. The monoisotopic (exact) mass is 316 g/mol. The Balaban J connectivity index is 1.67. The van der Waals surface area contributed by atoms with E-state index in [1.165, 1.54) is 0 Å². The summed E-state index contributed by atoms with van der Waals surface area (Å²) in [5.41, 5.74) is 1.81. The Hall–Kier alpha value is -3.28. The predicted octanol–water partition coefficient (Wildman–Crippen LogP) is 3.00. The van der Waals surface area contributed by atoms with E-state index in [0.717, 1.165) is 35.4 Å². The van der Waals surface area contributed by atoms with Crippen LogP contribution in [0.4, 0.5) is 5.82 Å². The van der Waals surface area contributed by atoms with Gasteiger partial charge in [-0.2, -0.15) is 5.10 Å². The Morgan fingerprint density at radius 1 is 0.958 bits per heavy atom. The van der Waals surface area contributed by atoms with Gasteiger partial charge in [-0.3, -0.25) is 9.67 Å². The molecule has 1 N–H and O–H groups in total. The molecule has 118 valence electrons. The summed E-state index contributed by atoms with van der Waals surface area (Å²) in [5, 5.41) is 8.62. The molecule has 0 amide bonds. The van der Waals surface area contributed by atoms with Crippen LogP contribution in [0.5, 0.6) is 0 Å². The van der Waals surface area contributed by atoms with Crippen molar-refractivity contribution in [2.45, 2.75) is 6.54 Å². The van der Waals surface area contributed by atoms with E-state index in [0.29, 0.717) is 5.82 Å². The molecule has 0 aliphatic carbocycles. The number of pyridine rings is 1. The minimum Gasteiger partial charge on any atom is -0.368 e. The van der Waals surface area contributed by atoms with Gasteiger partial charge in [-0.15, -0.1) is 0 Å². The quantitative estimate of drug-likeness (QED) is 0.613. The number of aromatic nitrogens is 5. The van der Waals surface area contributed by atoms with Gasteiger partial charge >= 0.3 is 0 Å². The third-order valence-corrected chi connectivity index (χ3v) is 3.72. The van der Waals surface area contributed by atoms with Crippen molar-refractivity contribution in [1.82, 2.24) is 24.7 Å². The van der Waals surface area contributed by atoms with E-state index >= 15 is 0 Å². The molecule has 0 aliphatic rings. The van der Waals surface area contributed by atoms with Crippen LogP contribution in [0, 0.1) is 0 Å². The topological polar surface area (TPSA) is 68.5 Å². The van der Waals surface area contributed by atoms with Gasteiger partial charge < -0.3 is 5.32 Å². The van der Waals surface area contributed by atoms with Crippen LogP contribution in [0.25, 0.3) is 22.3 Å². The highest BCUT2D eigenvalue weighted by molar-refractivity contribution is 5.90. The molecular weight excluding hydrogens is 300 g/mol. The number of nitrogens with one attached hydrogen (secondary N) is 1. The van der Waals surface area contributed by atoms with E-state index < -0.39 is 0 Å². The van der Waals surface area contributed by atoms with Crippen molar-refractivity contribution < 1.29 is 0 Å². The predicted molar refractivity (Wildman–Crippen MR) is 93.5 cm³/mol. The van der Waals surface area contributed by atoms with Crippen LogP contribution >= 0.6 is 0 Å². The summed E-state index contributed by atoms with van der Waals surface area (Å²) in [7, 11) is 0. The first-order valence-corrected chi connectivity index (χ1v) is 7.79. The number of para-hydroxylation sites is 1. The van der Waals surface area contributed by atoms with Crippen LogP contribution in [0.15, 0.2) is 67.3 Å². The largest absolute Gasteiger partial charge is 0.368 e. The lowest BCUT2D eigenvalue weighted by atomic mass is 10.2. The molecule has 0 radical (unpaired) electrons. The first kappa shape index (κ1) is 14.3. The molecule has 0 saturated carbocycles. The molecule has 1 aromatic carbocycles. The van der Waals surface area contributed by atoms with Gasteiger partial charge in [0.25, 0.3) is 0 Å². The lowest BCUT2D eigenvalue weighted by molar-refractivity contribution is 0.637. The molecule has 0 atom stereocenters. The molecule has 3 aromatic heterocycles. The van der Waals surface area contributed by atoms with E-state index in [1.807, 2.05) is 53.3 Å². The smallest absolute Gasteiger partial charge is 0.163 e. The highest BCUT2D eigenvalue weighted by Crippen LogP contribution is 2.24. The molecule has 4 rings (SSSR count). The fraction of sp³-hybridized carbons (Fsp3) is 0.111. The summed E-state index contributed by atoms with van der Waals surface area (Å²) in [5.74, 6) is 1.50. The molecule has 24 heavy (non-hydrogen) atoms. The Bertz CT molecular complexity index is 934. The van der Waals surface area contributed by atoms with Crippen LogP contribution < -0.4 is 5.32 Å². The fourth-order valence-corrected chi connectivity index (χ4v) is 2.56. The van der Waals surface area contributed by atoms with Gasteiger partial charge in [0, 0.05) is 42.3 Å². The normalized spacial score (nSPS) is 10.8. The summed E-state index contributed by atoms with van der Waals surface area (Å²) in [4.78, 5) is 13.5. The minimum atomic E-state index is 0.670. The maximum atomic E-state index is 4.70. The van der Waals surface area contributed by atoms with Crippen molar-refractivity contribution in [2.24, 2.45) is 0 Å². The molecule has 0 spiro atoms. The van der Waals surface area contributed by atoms with Crippen molar-refractivity contribution in [3.05, 3.63) is 67.3 Å². The second-order valence-electron chi connectivity index (χ2n) is 5.35. The van der Waals surface area contributed by atoms with Gasteiger partial charge in [0.1, 0.15) is 5.82 Å². The second kappa shape index (κ2) is 6.45. The standard InChI is InChI=1S/C18H16N6/c1-2-7-16-15(6-1)18(20-10-12-24-11-4-9-21-24)23-17(22-16)14-5-3-8-19-13-14/h1-9,11,13H,10,12H2,(H,20,22,23). The number of hydrogen-bond acceptors (Lipinski definition) is 5. The van der Waals surface area contributed by atoms with Crippen molar-refractivity contribution in [1.29, 1.82) is 0 Å². The SMILES string of the molecule is c1cncc(-c2nc(NCCn3cccn3)c3ccccc3n2)c1. The van der Waals surface area contributed by atoms with Crippen molar-refractivity contribution >= 4 is 16.7 Å². The lowest BCUT2D eigenvalue weighted by Crippen LogP contribution is -2.12. The van der Waals surface area contributed by atoms with Crippen LogP contribution in [-0.4, -0.2) is 31.3 Å². The number of nitrogens with zero attached hydrogens (tertiary/aromatic N) is 5. The highest BCUT2D eigenvalue weighted by atomic mass is 15.3. The third kappa shape index (κ3) is 2.94. The van der Waals surface area contributed by atoms with E-state index in [-0.39, 0.29) is 0 Å². The van der Waals surface area contributed by atoms with Crippen molar-refractivity contribution in [3.8, 4) is 11.4 Å². The Morgan fingerprint density at radius 2 is 1.92 bits per heavy atom. The Labute approximate surface area is 139 Å². The molecule has 6 heteroatoms. The zero-order valence-corrected chi connectivity index (χ0v) is 13.0. The van der Waals surface area contributed by atoms with E-state index in [4.69, 9.17) is 4.98 Å². The molecule has 0 saturated heterocycles. The summed E-state index contributed by atoms with van der Waals surface area (Å²) < 4.78 is 1.89.